The summed E-state index contributed by atoms with van der Waals surface area (Å²) in [7, 11) is 3.23. The second-order valence-corrected chi connectivity index (χ2v) is 9.15. The van der Waals surface area contributed by atoms with E-state index in [2.05, 4.69) is 25.3 Å². The maximum Gasteiger partial charge on any atom is 0.277 e. The smallest absolute Gasteiger partial charge is 0.277 e. The van der Waals surface area contributed by atoms with Crippen LogP contribution >= 0.6 is 0 Å². The van der Waals surface area contributed by atoms with E-state index >= 15 is 4.39 Å². The van der Waals surface area contributed by atoms with Gasteiger partial charge in [-0.1, -0.05) is 12.1 Å². The van der Waals surface area contributed by atoms with Crippen LogP contribution in [0, 0.1) is 12.7 Å². The maximum absolute atomic E-state index is 15.0. The molecular weight excluding hydrogens is 463 g/mol. The molecule has 2 amide bonds. The molecule has 0 saturated carbocycles. The molecule has 0 unspecified atom stereocenters. The second-order valence-electron chi connectivity index (χ2n) is 9.15. The number of carbonyl (C=O) groups excluding carboxylic acids is 2. The van der Waals surface area contributed by atoms with Crippen molar-refractivity contribution in [3.05, 3.63) is 53.4 Å². The van der Waals surface area contributed by atoms with Gasteiger partial charge in [-0.15, -0.1) is 0 Å². The molecule has 1 atom stereocenters. The molecule has 1 fully saturated rings. The van der Waals surface area contributed by atoms with Gasteiger partial charge in [0.1, 0.15) is 18.0 Å². The largest absolute Gasteiger partial charge is 0.383 e. The first-order valence-electron chi connectivity index (χ1n) is 11.9. The number of benzene rings is 1. The Morgan fingerprint density at radius 2 is 2.08 bits per heavy atom. The first kappa shape index (κ1) is 25.1. The number of hydrogen-bond donors (Lipinski definition) is 2. The van der Waals surface area contributed by atoms with E-state index in [1.54, 1.807) is 31.8 Å². The van der Waals surface area contributed by atoms with E-state index < -0.39 is 11.7 Å². The summed E-state index contributed by atoms with van der Waals surface area (Å²) in [6, 6.07) is 3.09. The number of fused-ring (bicyclic) bond motifs is 1. The summed E-state index contributed by atoms with van der Waals surface area (Å²) < 4.78 is 16.8. The summed E-state index contributed by atoms with van der Waals surface area (Å²) in [5, 5.41) is 7.74. The number of allylic oxidation sites excluding steroid dienone is 1. The van der Waals surface area contributed by atoms with Crippen LogP contribution in [-0.4, -0.2) is 68.5 Å². The molecule has 3 aromatic rings. The fourth-order valence-corrected chi connectivity index (χ4v) is 4.45. The Kier molecular flexibility index (Phi) is 7.18. The number of amides is 2. The van der Waals surface area contributed by atoms with Crippen LogP contribution in [0.5, 0.6) is 0 Å². The third-order valence-electron chi connectivity index (χ3n) is 6.42. The van der Waals surface area contributed by atoms with E-state index in [4.69, 9.17) is 5.73 Å². The van der Waals surface area contributed by atoms with Crippen LogP contribution in [0.1, 0.15) is 47.4 Å². The van der Waals surface area contributed by atoms with Crippen LogP contribution in [-0.2, 0) is 11.2 Å². The predicted octanol–water partition coefficient (Wildman–Crippen LogP) is 2.91. The molecule has 1 aliphatic heterocycles. The molecule has 1 aromatic carbocycles. The van der Waals surface area contributed by atoms with Gasteiger partial charge in [0.05, 0.1) is 17.8 Å². The Labute approximate surface area is 209 Å². The van der Waals surface area contributed by atoms with E-state index in [0.29, 0.717) is 11.0 Å². The molecule has 3 heterocycles. The first-order valence-corrected chi connectivity index (χ1v) is 11.9. The molecule has 2 aromatic heterocycles. The molecule has 0 radical (unpaired) electrons. The molecule has 36 heavy (non-hydrogen) atoms. The van der Waals surface area contributed by atoms with Gasteiger partial charge in [0.25, 0.3) is 5.91 Å². The zero-order valence-electron chi connectivity index (χ0n) is 21.0. The van der Waals surface area contributed by atoms with Crippen molar-refractivity contribution in [2.45, 2.75) is 39.2 Å². The summed E-state index contributed by atoms with van der Waals surface area (Å²) >= 11 is 0. The highest BCUT2D eigenvalue weighted by Crippen LogP contribution is 2.30. The standard InChI is InChI=1S/C25H31FN8O2/c1-5-10-33-11-6-7-17(13-33)34-24-20(23(27)28-14-29-24)22(31-34)25(36)30-18-9-8-16(21(26)15(18)2)12-19(35)32(3)4/h5,8-10,14,17H,6-7,11-13H2,1-4H3,(H,30,36)(H2,27,28,29)/t17-/m1/s1. The maximum atomic E-state index is 15.0. The minimum atomic E-state index is -0.541. The highest BCUT2D eigenvalue weighted by molar-refractivity contribution is 6.13. The lowest BCUT2D eigenvalue weighted by Gasteiger charge is -2.32. The van der Waals surface area contributed by atoms with Gasteiger partial charge in [0.15, 0.2) is 11.3 Å². The van der Waals surface area contributed by atoms with Crippen LogP contribution in [0.15, 0.2) is 30.7 Å². The molecular formula is C25H31FN8O2. The molecule has 0 aliphatic carbocycles. The van der Waals surface area contributed by atoms with Gasteiger partial charge >= 0.3 is 0 Å². The molecule has 3 N–H and O–H groups in total. The van der Waals surface area contributed by atoms with Gasteiger partial charge in [0, 0.05) is 38.4 Å². The molecule has 4 rings (SSSR count). The number of nitrogens with two attached hydrogens (primary N) is 1. The Balaban J connectivity index is 1.66. The number of piperidine rings is 1. The van der Waals surface area contributed by atoms with Gasteiger partial charge in [0.2, 0.25) is 5.91 Å². The third-order valence-corrected chi connectivity index (χ3v) is 6.42. The number of aromatic nitrogens is 4. The van der Waals surface area contributed by atoms with Gasteiger partial charge in [-0.05, 0) is 44.5 Å². The lowest BCUT2D eigenvalue weighted by atomic mass is 10.0. The zero-order chi connectivity index (χ0) is 26.0. The van der Waals surface area contributed by atoms with Crippen molar-refractivity contribution in [3.8, 4) is 0 Å². The molecule has 190 valence electrons. The topological polar surface area (TPSA) is 122 Å². The van der Waals surface area contributed by atoms with Crippen LogP contribution < -0.4 is 11.1 Å². The van der Waals surface area contributed by atoms with Crippen molar-refractivity contribution in [1.82, 2.24) is 29.5 Å². The van der Waals surface area contributed by atoms with Crippen LogP contribution in [0.25, 0.3) is 11.0 Å². The lowest BCUT2D eigenvalue weighted by Crippen LogP contribution is -2.33. The number of likely N-dealkylation sites (tertiary alicyclic amines) is 1. The normalized spacial score (nSPS) is 16.0. The van der Waals surface area contributed by atoms with Crippen molar-refractivity contribution < 1.29 is 14.0 Å². The molecule has 10 nitrogen and oxygen atoms in total. The number of anilines is 2. The highest BCUT2D eigenvalue weighted by Gasteiger charge is 2.28. The first-order chi connectivity index (χ1) is 17.2. The van der Waals surface area contributed by atoms with E-state index in [0.717, 1.165) is 25.9 Å². The SMILES string of the molecule is CC=CN1CCC[C@@H](n2nc(C(=O)Nc3ccc(CC(=O)N(C)C)c(F)c3C)c3c(N)ncnc32)C1. The number of nitrogen functional groups attached to an aromatic ring is 1. The van der Waals surface area contributed by atoms with Crippen LogP contribution in [0.4, 0.5) is 15.9 Å². The predicted molar refractivity (Wildman–Crippen MR) is 136 cm³/mol. The van der Waals surface area contributed by atoms with Gasteiger partial charge < -0.3 is 20.9 Å². The summed E-state index contributed by atoms with van der Waals surface area (Å²) in [4.78, 5) is 37.4. The van der Waals surface area contributed by atoms with Crippen molar-refractivity contribution in [3.63, 3.8) is 0 Å². The van der Waals surface area contributed by atoms with Crippen molar-refractivity contribution in [2.24, 2.45) is 0 Å². The van der Waals surface area contributed by atoms with E-state index in [9.17, 15) is 9.59 Å². The molecule has 1 saturated heterocycles. The minimum Gasteiger partial charge on any atom is -0.383 e. The number of rotatable bonds is 6. The second kappa shape index (κ2) is 10.3. The summed E-state index contributed by atoms with van der Waals surface area (Å²) in [5.74, 6) is -1.14. The Bertz CT molecular complexity index is 1330. The number of halogens is 1. The van der Waals surface area contributed by atoms with E-state index in [-0.39, 0.29) is 46.7 Å². The number of nitrogens with one attached hydrogen (secondary N) is 1. The van der Waals surface area contributed by atoms with Gasteiger partial charge in [-0.2, -0.15) is 5.10 Å². The minimum absolute atomic E-state index is 0.000924. The Hall–Kier alpha value is -4.02. The zero-order valence-corrected chi connectivity index (χ0v) is 21.0. The third kappa shape index (κ3) is 4.86. The number of hydrogen-bond acceptors (Lipinski definition) is 7. The van der Waals surface area contributed by atoms with Gasteiger partial charge in [-0.3, -0.25) is 9.59 Å². The molecule has 1 aliphatic rings. The number of carbonyl (C=O) groups is 2. The number of nitrogens with zero attached hydrogens (tertiary/aromatic N) is 6. The molecule has 0 bridgehead atoms. The van der Waals surface area contributed by atoms with Crippen molar-refractivity contribution >= 4 is 34.4 Å². The highest BCUT2D eigenvalue weighted by atomic mass is 19.1. The monoisotopic (exact) mass is 494 g/mol. The van der Waals surface area contributed by atoms with E-state index in [1.807, 2.05) is 19.2 Å². The quantitative estimate of drug-likeness (QED) is 0.540. The fourth-order valence-electron chi connectivity index (χ4n) is 4.45. The summed E-state index contributed by atoms with van der Waals surface area (Å²) in [6.07, 6.45) is 7.18. The van der Waals surface area contributed by atoms with Crippen molar-refractivity contribution in [1.29, 1.82) is 0 Å². The average Bonchev–Trinajstić information content (AvgIpc) is 3.25. The number of likely N-dealkylation sites (N-methyl/N-ethyl adjacent to an activating group) is 1. The summed E-state index contributed by atoms with van der Waals surface area (Å²) in [5.41, 5.74) is 7.50. The average molecular weight is 495 g/mol. The van der Waals surface area contributed by atoms with E-state index in [1.165, 1.54) is 17.3 Å². The Morgan fingerprint density at radius 3 is 2.81 bits per heavy atom. The lowest BCUT2D eigenvalue weighted by molar-refractivity contribution is -0.128. The molecule has 0 spiro atoms. The van der Waals surface area contributed by atoms with Crippen LogP contribution in [0.3, 0.4) is 0 Å². The van der Waals surface area contributed by atoms with Crippen molar-refractivity contribution in [2.75, 3.05) is 38.2 Å². The van der Waals surface area contributed by atoms with Crippen LogP contribution in [0.2, 0.25) is 0 Å². The Morgan fingerprint density at radius 1 is 1.31 bits per heavy atom. The van der Waals surface area contributed by atoms with Gasteiger partial charge in [-0.25, -0.2) is 19.0 Å². The fraction of sp³-hybridized carbons (Fsp3) is 0.400. The summed E-state index contributed by atoms with van der Waals surface area (Å²) in [6.45, 7) is 5.20. The molecule has 11 heteroatoms.